The third kappa shape index (κ3) is 4.32. The van der Waals surface area contributed by atoms with Gasteiger partial charge in [-0.15, -0.1) is 22.7 Å². The summed E-state index contributed by atoms with van der Waals surface area (Å²) >= 11 is 2.82. The van der Waals surface area contributed by atoms with Crippen molar-refractivity contribution in [2.24, 2.45) is 0 Å². The number of esters is 1. The zero-order valence-electron chi connectivity index (χ0n) is 16.0. The molecule has 0 bridgehead atoms. The first-order chi connectivity index (χ1) is 14.7. The van der Waals surface area contributed by atoms with Crippen molar-refractivity contribution in [2.45, 2.75) is 6.61 Å². The second-order valence-corrected chi connectivity index (χ2v) is 8.11. The van der Waals surface area contributed by atoms with Crippen LogP contribution in [0, 0.1) is 0 Å². The van der Waals surface area contributed by atoms with Gasteiger partial charge >= 0.3 is 5.97 Å². The van der Waals surface area contributed by atoms with Crippen molar-refractivity contribution in [1.82, 2.24) is 4.98 Å². The highest BCUT2D eigenvalue weighted by atomic mass is 32.1. The number of hydrogen-bond acceptors (Lipinski definition) is 7. The van der Waals surface area contributed by atoms with Gasteiger partial charge in [0.1, 0.15) is 17.4 Å². The van der Waals surface area contributed by atoms with Crippen molar-refractivity contribution < 1.29 is 19.1 Å². The zero-order valence-corrected chi connectivity index (χ0v) is 17.7. The summed E-state index contributed by atoms with van der Waals surface area (Å²) < 4.78 is 10.6. The van der Waals surface area contributed by atoms with Crippen LogP contribution in [0.5, 0.6) is 5.75 Å². The first-order valence-electron chi connectivity index (χ1n) is 9.09. The molecule has 5 nitrogen and oxygen atoms in total. The van der Waals surface area contributed by atoms with Crippen LogP contribution in [0.2, 0.25) is 0 Å². The van der Waals surface area contributed by atoms with Crippen molar-refractivity contribution in [3.8, 4) is 16.3 Å². The van der Waals surface area contributed by atoms with Crippen LogP contribution in [-0.4, -0.2) is 23.8 Å². The summed E-state index contributed by atoms with van der Waals surface area (Å²) in [7, 11) is 1.62. The lowest BCUT2D eigenvalue weighted by Gasteiger charge is -2.07. The van der Waals surface area contributed by atoms with Gasteiger partial charge < -0.3 is 9.47 Å². The van der Waals surface area contributed by atoms with E-state index in [2.05, 4.69) is 4.98 Å². The van der Waals surface area contributed by atoms with Crippen LogP contribution in [0.4, 0.5) is 0 Å². The number of rotatable bonds is 7. The van der Waals surface area contributed by atoms with Gasteiger partial charge in [0.2, 0.25) is 5.78 Å². The maximum absolute atomic E-state index is 12.7. The molecule has 4 aromatic rings. The molecule has 0 saturated carbocycles. The Morgan fingerprint density at radius 1 is 0.933 bits per heavy atom. The molecule has 2 aromatic carbocycles. The summed E-state index contributed by atoms with van der Waals surface area (Å²) in [6, 6.07) is 17.9. The number of thiazole rings is 1. The minimum absolute atomic E-state index is 0.0347. The van der Waals surface area contributed by atoms with Gasteiger partial charge in [-0.25, -0.2) is 9.78 Å². The summed E-state index contributed by atoms with van der Waals surface area (Å²) in [5.41, 5.74) is 2.20. The van der Waals surface area contributed by atoms with Crippen LogP contribution in [0.15, 0.2) is 71.4 Å². The summed E-state index contributed by atoms with van der Waals surface area (Å²) in [4.78, 5) is 30.5. The van der Waals surface area contributed by atoms with Crippen molar-refractivity contribution in [3.63, 3.8) is 0 Å². The molecule has 0 N–H and O–H groups in total. The summed E-state index contributed by atoms with van der Waals surface area (Å²) in [5, 5.41) is 4.52. The maximum atomic E-state index is 12.7. The Balaban J connectivity index is 1.46. The van der Waals surface area contributed by atoms with Crippen molar-refractivity contribution in [1.29, 1.82) is 0 Å². The first kappa shape index (κ1) is 20.0. The number of ether oxygens (including phenoxy) is 2. The minimum atomic E-state index is -0.547. The van der Waals surface area contributed by atoms with Gasteiger partial charge in [0.15, 0.2) is 0 Å². The van der Waals surface area contributed by atoms with Crippen molar-refractivity contribution in [3.05, 3.63) is 93.1 Å². The largest absolute Gasteiger partial charge is 0.497 e. The Labute approximate surface area is 181 Å². The summed E-state index contributed by atoms with van der Waals surface area (Å²) in [6.45, 7) is 0.0347. The van der Waals surface area contributed by atoms with E-state index in [0.29, 0.717) is 16.1 Å². The number of ketones is 1. The quantitative estimate of drug-likeness (QED) is 0.285. The molecule has 2 heterocycles. The van der Waals surface area contributed by atoms with E-state index in [1.807, 2.05) is 41.1 Å². The molecule has 0 saturated heterocycles. The van der Waals surface area contributed by atoms with Gasteiger partial charge in [0.25, 0.3) is 0 Å². The van der Waals surface area contributed by atoms with Gasteiger partial charge in [0, 0.05) is 16.5 Å². The summed E-state index contributed by atoms with van der Waals surface area (Å²) in [6.07, 6.45) is 0. The fraction of sp³-hybridized carbons (Fsp3) is 0.0870. The average molecular weight is 436 g/mol. The number of nitrogens with zero attached hydrogens (tertiary/aromatic N) is 1. The molecule has 150 valence electrons. The first-order valence-corrected chi connectivity index (χ1v) is 10.8. The van der Waals surface area contributed by atoms with E-state index < -0.39 is 5.97 Å². The Hall–Kier alpha value is -3.29. The molecule has 2 aromatic heterocycles. The molecule has 0 radical (unpaired) electrons. The highest BCUT2D eigenvalue weighted by Gasteiger charge is 2.20. The fourth-order valence-electron chi connectivity index (χ4n) is 2.86. The van der Waals surface area contributed by atoms with E-state index in [1.54, 1.807) is 37.4 Å². The third-order valence-electron chi connectivity index (χ3n) is 4.38. The molecule has 0 aliphatic heterocycles. The van der Waals surface area contributed by atoms with Crippen LogP contribution in [0.3, 0.4) is 0 Å². The van der Waals surface area contributed by atoms with Gasteiger partial charge in [-0.2, -0.15) is 0 Å². The molecule has 0 fully saturated rings. The van der Waals surface area contributed by atoms with E-state index >= 15 is 0 Å². The molecule has 0 unspecified atom stereocenters. The van der Waals surface area contributed by atoms with Crippen LogP contribution >= 0.6 is 22.7 Å². The van der Waals surface area contributed by atoms with Gasteiger partial charge in [-0.05, 0) is 41.8 Å². The van der Waals surface area contributed by atoms with E-state index in [1.165, 1.54) is 22.7 Å². The van der Waals surface area contributed by atoms with Gasteiger partial charge in [-0.1, -0.05) is 24.3 Å². The van der Waals surface area contributed by atoms with Crippen LogP contribution in [0.25, 0.3) is 10.6 Å². The lowest BCUT2D eigenvalue weighted by Crippen LogP contribution is -2.12. The Kier molecular flexibility index (Phi) is 6.02. The average Bonchev–Trinajstić information content (AvgIpc) is 3.49. The Morgan fingerprint density at radius 3 is 2.40 bits per heavy atom. The molecule has 0 aliphatic carbocycles. The topological polar surface area (TPSA) is 65.5 Å². The molecule has 0 amide bonds. The maximum Gasteiger partial charge on any atom is 0.339 e. The van der Waals surface area contributed by atoms with Gasteiger partial charge in [-0.3, -0.25) is 4.79 Å². The number of benzene rings is 2. The van der Waals surface area contributed by atoms with Crippen LogP contribution < -0.4 is 4.74 Å². The fourth-order valence-corrected chi connectivity index (χ4v) is 4.34. The van der Waals surface area contributed by atoms with Crippen molar-refractivity contribution in [2.75, 3.05) is 7.11 Å². The van der Waals surface area contributed by atoms with Crippen molar-refractivity contribution >= 4 is 34.4 Å². The van der Waals surface area contributed by atoms with Crippen LogP contribution in [-0.2, 0) is 11.3 Å². The highest BCUT2D eigenvalue weighted by molar-refractivity contribution is 7.13. The standard InChI is InChI=1S/C23H17NO4S2/c1-27-17-10-8-15(9-11-17)22-24-16(14-30-22)13-28-23(26)19-6-3-2-5-18(19)21(25)20-7-4-12-29-20/h2-12,14H,13H2,1H3. The zero-order chi connectivity index (χ0) is 20.9. The lowest BCUT2D eigenvalue weighted by atomic mass is 10.0. The Morgan fingerprint density at radius 2 is 1.70 bits per heavy atom. The van der Waals surface area contributed by atoms with E-state index in [-0.39, 0.29) is 18.0 Å². The number of aromatic nitrogens is 1. The monoisotopic (exact) mass is 435 g/mol. The van der Waals surface area contributed by atoms with Crippen LogP contribution in [0.1, 0.15) is 31.3 Å². The number of thiophene rings is 1. The molecule has 0 aliphatic rings. The molecule has 7 heteroatoms. The smallest absolute Gasteiger partial charge is 0.339 e. The van der Waals surface area contributed by atoms with E-state index in [0.717, 1.165) is 16.3 Å². The summed E-state index contributed by atoms with van der Waals surface area (Å²) in [5.74, 6) is 0.0442. The molecule has 4 rings (SSSR count). The molecule has 30 heavy (non-hydrogen) atoms. The van der Waals surface area contributed by atoms with Gasteiger partial charge in [0.05, 0.1) is 23.2 Å². The van der Waals surface area contributed by atoms with E-state index in [9.17, 15) is 9.59 Å². The second-order valence-electron chi connectivity index (χ2n) is 6.30. The molecule has 0 spiro atoms. The molecule has 0 atom stereocenters. The lowest BCUT2D eigenvalue weighted by molar-refractivity contribution is 0.0466. The normalized spacial score (nSPS) is 10.6. The number of carbonyl (C=O) groups excluding carboxylic acids is 2. The molecular weight excluding hydrogens is 418 g/mol. The Bertz CT molecular complexity index is 1160. The SMILES string of the molecule is COc1ccc(-c2nc(COC(=O)c3ccccc3C(=O)c3cccs3)cs2)cc1. The highest BCUT2D eigenvalue weighted by Crippen LogP contribution is 2.26. The number of methoxy groups -OCH3 is 1. The number of hydrogen-bond donors (Lipinski definition) is 0. The second kappa shape index (κ2) is 9.02. The predicted molar refractivity (Wildman–Crippen MR) is 117 cm³/mol. The predicted octanol–water partition coefficient (Wildman–Crippen LogP) is 5.47. The third-order valence-corrected chi connectivity index (χ3v) is 6.19. The minimum Gasteiger partial charge on any atom is -0.497 e. The van der Waals surface area contributed by atoms with E-state index in [4.69, 9.17) is 9.47 Å². The number of carbonyl (C=O) groups is 2. The molecular formula is C23H17NO4S2.